The van der Waals surface area contributed by atoms with Crippen molar-refractivity contribution in [2.45, 2.75) is 25.5 Å². The fourth-order valence-electron chi connectivity index (χ4n) is 1.28. The largest absolute Gasteiger partial charge is 0.493 e. The Balaban J connectivity index is 0.00000289. The first kappa shape index (κ1) is 17.6. The maximum absolute atomic E-state index is 7.22. The van der Waals surface area contributed by atoms with Gasteiger partial charge in [0.1, 0.15) is 5.75 Å². The average Bonchev–Trinajstić information content (AvgIpc) is 2.29. The molecule has 6 heteroatoms. The van der Waals surface area contributed by atoms with Gasteiger partial charge in [-0.15, -0.1) is 12.4 Å². The predicted octanol–water partition coefficient (Wildman–Crippen LogP) is 4.18. The van der Waals surface area contributed by atoms with Crippen LogP contribution < -0.4 is 10.5 Å². The average molecular weight is 354 g/mol. The second-order valence-electron chi connectivity index (χ2n) is 3.61. The van der Waals surface area contributed by atoms with Crippen LogP contribution in [0.15, 0.2) is 22.7 Å². The molecule has 0 unspecified atom stereocenters. The van der Waals surface area contributed by atoms with Gasteiger partial charge in [-0.25, -0.2) is 0 Å². The minimum absolute atomic E-state index is 0. The van der Waals surface area contributed by atoms with Crippen LogP contribution >= 0.6 is 40.1 Å². The maximum atomic E-state index is 7.22. The Bertz CT molecular complexity index is 390. The lowest BCUT2D eigenvalue weighted by Gasteiger charge is -2.11. The molecule has 0 atom stereocenters. The first-order valence-electron chi connectivity index (χ1n) is 5.51. The third-order valence-electron chi connectivity index (χ3n) is 2.16. The lowest BCUT2D eigenvalue weighted by Crippen LogP contribution is -2.05. The highest BCUT2D eigenvalue weighted by Gasteiger charge is 2.05. The molecule has 0 spiro atoms. The Hall–Kier alpha value is -0.390. The van der Waals surface area contributed by atoms with Crippen LogP contribution in [0.4, 0.5) is 0 Å². The van der Waals surface area contributed by atoms with Crippen molar-refractivity contribution in [3.05, 3.63) is 28.2 Å². The SMILES string of the molecule is CCCCOc1ccc(Br)cc1CSC(=N)N.Cl. The van der Waals surface area contributed by atoms with Gasteiger partial charge in [-0.05, 0) is 24.6 Å². The molecule has 0 fully saturated rings. The van der Waals surface area contributed by atoms with Crippen molar-refractivity contribution in [3.63, 3.8) is 0 Å². The van der Waals surface area contributed by atoms with E-state index in [0.29, 0.717) is 5.75 Å². The van der Waals surface area contributed by atoms with Gasteiger partial charge >= 0.3 is 0 Å². The summed E-state index contributed by atoms with van der Waals surface area (Å²) in [6, 6.07) is 5.93. The molecule has 0 amide bonds. The van der Waals surface area contributed by atoms with E-state index < -0.39 is 0 Å². The van der Waals surface area contributed by atoms with Crippen molar-refractivity contribution >= 4 is 45.3 Å². The van der Waals surface area contributed by atoms with E-state index in [1.165, 1.54) is 11.8 Å². The zero-order chi connectivity index (χ0) is 12.7. The van der Waals surface area contributed by atoms with Crippen molar-refractivity contribution in [3.8, 4) is 5.75 Å². The normalized spacial score (nSPS) is 9.67. The molecule has 18 heavy (non-hydrogen) atoms. The van der Waals surface area contributed by atoms with Crippen LogP contribution in [0.25, 0.3) is 0 Å². The number of rotatable bonds is 6. The van der Waals surface area contributed by atoms with Gasteiger partial charge in [-0.3, -0.25) is 5.41 Å². The number of nitrogens with two attached hydrogens (primary N) is 1. The van der Waals surface area contributed by atoms with Gasteiger partial charge in [0.15, 0.2) is 5.17 Å². The summed E-state index contributed by atoms with van der Waals surface area (Å²) in [6.45, 7) is 2.87. The first-order valence-corrected chi connectivity index (χ1v) is 7.29. The van der Waals surface area contributed by atoms with E-state index in [9.17, 15) is 0 Å². The number of thioether (sulfide) groups is 1. The highest BCUT2D eigenvalue weighted by Crippen LogP contribution is 2.27. The summed E-state index contributed by atoms with van der Waals surface area (Å²) in [5.41, 5.74) is 6.41. The summed E-state index contributed by atoms with van der Waals surface area (Å²) in [5, 5.41) is 7.35. The molecule has 3 N–H and O–H groups in total. The first-order chi connectivity index (χ1) is 8.13. The van der Waals surface area contributed by atoms with Crippen LogP contribution in [0.5, 0.6) is 5.75 Å². The van der Waals surface area contributed by atoms with E-state index in [1.54, 1.807) is 0 Å². The molecular formula is C12H18BrClN2OS. The maximum Gasteiger partial charge on any atom is 0.151 e. The van der Waals surface area contributed by atoms with Gasteiger partial charge in [0.2, 0.25) is 0 Å². The van der Waals surface area contributed by atoms with Crippen molar-refractivity contribution in [2.75, 3.05) is 6.61 Å². The molecule has 1 rings (SSSR count). The van der Waals surface area contributed by atoms with Crippen LogP contribution in [0.2, 0.25) is 0 Å². The molecule has 0 bridgehead atoms. The minimum Gasteiger partial charge on any atom is -0.493 e. The fourth-order valence-corrected chi connectivity index (χ4v) is 2.23. The number of hydrogen-bond acceptors (Lipinski definition) is 3. The molecule has 0 aliphatic rings. The Labute approximate surface area is 127 Å². The van der Waals surface area contributed by atoms with Crippen LogP contribution in [-0.4, -0.2) is 11.8 Å². The summed E-state index contributed by atoms with van der Waals surface area (Å²) < 4.78 is 6.73. The molecule has 0 aromatic heterocycles. The van der Waals surface area contributed by atoms with Gasteiger partial charge in [0.25, 0.3) is 0 Å². The number of benzene rings is 1. The van der Waals surface area contributed by atoms with E-state index in [2.05, 4.69) is 22.9 Å². The van der Waals surface area contributed by atoms with Crippen molar-refractivity contribution < 1.29 is 4.74 Å². The van der Waals surface area contributed by atoms with E-state index in [-0.39, 0.29) is 17.6 Å². The summed E-state index contributed by atoms with van der Waals surface area (Å²) in [7, 11) is 0. The van der Waals surface area contributed by atoms with Crippen molar-refractivity contribution in [1.29, 1.82) is 5.41 Å². The Morgan fingerprint density at radius 3 is 2.83 bits per heavy atom. The number of amidine groups is 1. The number of ether oxygens (including phenoxy) is 1. The molecular weight excluding hydrogens is 336 g/mol. The zero-order valence-corrected chi connectivity index (χ0v) is 13.5. The Morgan fingerprint density at radius 1 is 1.50 bits per heavy atom. The molecule has 0 saturated carbocycles. The van der Waals surface area contributed by atoms with Gasteiger partial charge < -0.3 is 10.5 Å². The topological polar surface area (TPSA) is 59.1 Å². The molecule has 1 aromatic rings. The summed E-state index contributed by atoms with van der Waals surface area (Å²) in [5.74, 6) is 1.55. The number of unbranched alkanes of at least 4 members (excludes halogenated alkanes) is 1. The molecule has 0 heterocycles. The van der Waals surface area contributed by atoms with Crippen LogP contribution in [0.3, 0.4) is 0 Å². The monoisotopic (exact) mass is 352 g/mol. The summed E-state index contributed by atoms with van der Waals surface area (Å²) >= 11 is 4.74. The minimum atomic E-state index is 0. The molecule has 3 nitrogen and oxygen atoms in total. The molecule has 102 valence electrons. The van der Waals surface area contributed by atoms with Gasteiger partial charge in [-0.1, -0.05) is 41.0 Å². The number of nitrogens with one attached hydrogen (secondary N) is 1. The fraction of sp³-hybridized carbons (Fsp3) is 0.417. The highest BCUT2D eigenvalue weighted by atomic mass is 79.9. The molecule has 0 aliphatic heterocycles. The van der Waals surface area contributed by atoms with E-state index in [4.69, 9.17) is 15.9 Å². The van der Waals surface area contributed by atoms with Gasteiger partial charge in [0, 0.05) is 15.8 Å². The smallest absolute Gasteiger partial charge is 0.151 e. The standard InChI is InChI=1S/C12H17BrN2OS.ClH/c1-2-3-6-16-11-5-4-10(13)7-9(11)8-17-12(14)15;/h4-5,7H,2-3,6,8H2,1H3,(H3,14,15);1H. The van der Waals surface area contributed by atoms with Crippen LogP contribution in [0, 0.1) is 5.41 Å². The number of hydrogen-bond donors (Lipinski definition) is 2. The second-order valence-corrected chi connectivity index (χ2v) is 5.54. The lowest BCUT2D eigenvalue weighted by molar-refractivity contribution is 0.307. The molecule has 0 saturated heterocycles. The van der Waals surface area contributed by atoms with Gasteiger partial charge in [-0.2, -0.15) is 0 Å². The summed E-state index contributed by atoms with van der Waals surface area (Å²) in [4.78, 5) is 0. The third kappa shape index (κ3) is 6.52. The van der Waals surface area contributed by atoms with Crippen LogP contribution in [0.1, 0.15) is 25.3 Å². The molecule has 0 radical (unpaired) electrons. The van der Waals surface area contributed by atoms with Crippen molar-refractivity contribution in [2.24, 2.45) is 5.73 Å². The Morgan fingerprint density at radius 2 is 2.22 bits per heavy atom. The third-order valence-corrected chi connectivity index (χ3v) is 3.42. The Kier molecular flexibility index (Phi) is 9.32. The highest BCUT2D eigenvalue weighted by molar-refractivity contribution is 9.10. The quantitative estimate of drug-likeness (QED) is 0.458. The van der Waals surface area contributed by atoms with Crippen LogP contribution in [-0.2, 0) is 5.75 Å². The van der Waals surface area contributed by atoms with Gasteiger partial charge in [0.05, 0.1) is 6.61 Å². The van der Waals surface area contributed by atoms with E-state index in [1.807, 2.05) is 18.2 Å². The number of halogens is 2. The summed E-state index contributed by atoms with van der Waals surface area (Å²) in [6.07, 6.45) is 2.17. The molecule has 0 aliphatic carbocycles. The van der Waals surface area contributed by atoms with Crippen molar-refractivity contribution in [1.82, 2.24) is 0 Å². The lowest BCUT2D eigenvalue weighted by atomic mass is 10.2. The van der Waals surface area contributed by atoms with E-state index >= 15 is 0 Å². The zero-order valence-electron chi connectivity index (χ0n) is 10.2. The second kappa shape index (κ2) is 9.53. The molecule has 1 aromatic carbocycles. The predicted molar refractivity (Wildman–Crippen MR) is 85.0 cm³/mol. The van der Waals surface area contributed by atoms with E-state index in [0.717, 1.165) is 35.2 Å².